The monoisotopic (exact) mass is 496 g/mol. The lowest BCUT2D eigenvalue weighted by Crippen LogP contribution is -1.99. The van der Waals surface area contributed by atoms with Crippen LogP contribution in [0.25, 0.3) is 11.4 Å². The van der Waals surface area contributed by atoms with Gasteiger partial charge in [0.15, 0.2) is 11.6 Å². The molecule has 1 aromatic heterocycles. The summed E-state index contributed by atoms with van der Waals surface area (Å²) >= 11 is 0. The Bertz CT molecular complexity index is 761. The van der Waals surface area contributed by atoms with E-state index in [1.807, 2.05) is 24.3 Å². The van der Waals surface area contributed by atoms with Gasteiger partial charge in [0.05, 0.1) is 25.6 Å². The zero-order valence-electron chi connectivity index (χ0n) is 23.5. The molecule has 1 atom stereocenters. The van der Waals surface area contributed by atoms with E-state index in [9.17, 15) is 0 Å². The van der Waals surface area contributed by atoms with E-state index in [1.54, 1.807) is 12.4 Å². The molecule has 2 rings (SSSR count). The smallest absolute Gasteiger partial charge is 0.159 e. The molecule has 0 spiro atoms. The first-order valence-electron chi connectivity index (χ1n) is 14.9. The van der Waals surface area contributed by atoms with Crippen molar-refractivity contribution in [1.29, 1.82) is 0 Å². The van der Waals surface area contributed by atoms with Crippen LogP contribution in [-0.2, 0) is 0 Å². The summed E-state index contributed by atoms with van der Waals surface area (Å²) in [6, 6.07) is 8.09. The Labute approximate surface area is 221 Å². The largest absolute Gasteiger partial charge is 0.494 e. The van der Waals surface area contributed by atoms with Crippen molar-refractivity contribution < 1.29 is 9.47 Å². The van der Waals surface area contributed by atoms with Gasteiger partial charge in [-0.1, -0.05) is 111 Å². The molecule has 0 bridgehead atoms. The van der Waals surface area contributed by atoms with Crippen molar-refractivity contribution >= 4 is 0 Å². The Morgan fingerprint density at radius 3 is 1.67 bits per heavy atom. The summed E-state index contributed by atoms with van der Waals surface area (Å²) in [6.45, 7) is 8.43. The van der Waals surface area contributed by atoms with E-state index in [0.717, 1.165) is 49.0 Å². The van der Waals surface area contributed by atoms with Crippen molar-refractivity contribution in [3.8, 4) is 22.9 Å². The van der Waals surface area contributed by atoms with Crippen LogP contribution in [0.4, 0.5) is 0 Å². The molecular weight excluding hydrogens is 444 g/mol. The molecule has 1 aromatic carbocycles. The lowest BCUT2D eigenvalue weighted by molar-refractivity contribution is 0.301. The fourth-order valence-corrected chi connectivity index (χ4v) is 4.36. The van der Waals surface area contributed by atoms with Crippen LogP contribution in [-0.4, -0.2) is 23.2 Å². The molecule has 0 saturated heterocycles. The predicted octanol–water partition coefficient (Wildman–Crippen LogP) is 9.82. The number of unbranched alkanes of at least 4 members (excludes halogenated alkanes) is 12. The first-order chi connectivity index (χ1) is 17.7. The van der Waals surface area contributed by atoms with E-state index in [4.69, 9.17) is 9.47 Å². The average Bonchev–Trinajstić information content (AvgIpc) is 2.91. The van der Waals surface area contributed by atoms with Crippen LogP contribution in [0.5, 0.6) is 11.5 Å². The second kappa shape index (κ2) is 20.0. The summed E-state index contributed by atoms with van der Waals surface area (Å²) in [6.07, 6.45) is 24.5. The molecule has 36 heavy (non-hydrogen) atoms. The van der Waals surface area contributed by atoms with E-state index in [0.29, 0.717) is 5.82 Å². The molecule has 0 radical (unpaired) electrons. The van der Waals surface area contributed by atoms with Gasteiger partial charge in [0, 0.05) is 5.56 Å². The van der Waals surface area contributed by atoms with Crippen molar-refractivity contribution in [3.63, 3.8) is 0 Å². The number of rotatable bonds is 22. The maximum Gasteiger partial charge on any atom is 0.159 e. The maximum absolute atomic E-state index is 5.92. The maximum atomic E-state index is 5.92. The Morgan fingerprint density at radius 1 is 0.611 bits per heavy atom. The molecule has 4 heteroatoms. The minimum atomic E-state index is 0.717. The number of hydrogen-bond donors (Lipinski definition) is 0. The molecule has 1 unspecified atom stereocenters. The molecule has 0 fully saturated rings. The van der Waals surface area contributed by atoms with Crippen LogP contribution in [0.2, 0.25) is 0 Å². The SMILES string of the molecule is CCCCCCCCCCCOc1ccc(-c2ncc(OCCCCCCCC(C)CC)cn2)cc1. The Morgan fingerprint density at radius 2 is 1.11 bits per heavy atom. The first-order valence-corrected chi connectivity index (χ1v) is 14.9. The number of aromatic nitrogens is 2. The molecule has 0 amide bonds. The van der Waals surface area contributed by atoms with Gasteiger partial charge in [0.1, 0.15) is 5.75 Å². The first kappa shape index (κ1) is 30.1. The molecule has 0 aliphatic heterocycles. The van der Waals surface area contributed by atoms with Crippen molar-refractivity contribution in [2.75, 3.05) is 13.2 Å². The van der Waals surface area contributed by atoms with Crippen LogP contribution in [0, 0.1) is 5.92 Å². The van der Waals surface area contributed by atoms with Crippen molar-refractivity contribution in [3.05, 3.63) is 36.7 Å². The molecule has 1 heterocycles. The van der Waals surface area contributed by atoms with Crippen molar-refractivity contribution in [1.82, 2.24) is 9.97 Å². The second-order valence-corrected chi connectivity index (χ2v) is 10.4. The zero-order chi connectivity index (χ0) is 25.7. The fourth-order valence-electron chi connectivity index (χ4n) is 4.36. The van der Waals surface area contributed by atoms with Gasteiger partial charge in [-0.25, -0.2) is 9.97 Å². The summed E-state index contributed by atoms with van der Waals surface area (Å²) in [5.74, 6) is 3.25. The van der Waals surface area contributed by atoms with Gasteiger partial charge in [-0.2, -0.15) is 0 Å². The molecule has 4 nitrogen and oxygen atoms in total. The van der Waals surface area contributed by atoms with Gasteiger partial charge in [-0.3, -0.25) is 0 Å². The highest BCUT2D eigenvalue weighted by Crippen LogP contribution is 2.21. The van der Waals surface area contributed by atoms with E-state index in [1.165, 1.54) is 89.9 Å². The summed E-state index contributed by atoms with van der Waals surface area (Å²) in [5.41, 5.74) is 0.995. The van der Waals surface area contributed by atoms with Crippen LogP contribution in [0.15, 0.2) is 36.7 Å². The topological polar surface area (TPSA) is 44.2 Å². The van der Waals surface area contributed by atoms with Crippen molar-refractivity contribution in [2.45, 2.75) is 124 Å². The summed E-state index contributed by atoms with van der Waals surface area (Å²) in [5, 5.41) is 0. The molecule has 2 aromatic rings. The van der Waals surface area contributed by atoms with Crippen LogP contribution < -0.4 is 9.47 Å². The number of benzene rings is 1. The van der Waals surface area contributed by atoms with Crippen molar-refractivity contribution in [2.24, 2.45) is 5.92 Å². The zero-order valence-corrected chi connectivity index (χ0v) is 23.5. The third-order valence-corrected chi connectivity index (χ3v) is 7.06. The van der Waals surface area contributed by atoms with E-state index >= 15 is 0 Å². The lowest BCUT2D eigenvalue weighted by atomic mass is 10.0. The highest BCUT2D eigenvalue weighted by atomic mass is 16.5. The number of ether oxygens (including phenoxy) is 2. The molecule has 0 saturated carbocycles. The quantitative estimate of drug-likeness (QED) is 0.152. The second-order valence-electron chi connectivity index (χ2n) is 10.4. The van der Waals surface area contributed by atoms with Gasteiger partial charge < -0.3 is 9.47 Å². The Balaban J connectivity index is 1.55. The average molecular weight is 497 g/mol. The minimum absolute atomic E-state index is 0.717. The van der Waals surface area contributed by atoms with Gasteiger partial charge in [-0.15, -0.1) is 0 Å². The van der Waals surface area contributed by atoms with Gasteiger partial charge >= 0.3 is 0 Å². The molecular formula is C32H52N2O2. The van der Waals surface area contributed by atoms with E-state index in [2.05, 4.69) is 30.7 Å². The Hall–Kier alpha value is -2.10. The minimum Gasteiger partial charge on any atom is -0.494 e. The Kier molecular flexibility index (Phi) is 16.7. The summed E-state index contributed by atoms with van der Waals surface area (Å²) < 4.78 is 11.8. The highest BCUT2D eigenvalue weighted by Gasteiger charge is 2.04. The molecule has 0 aliphatic carbocycles. The third kappa shape index (κ3) is 13.8. The van der Waals surface area contributed by atoms with Crippen LogP contribution in [0.3, 0.4) is 0 Å². The highest BCUT2D eigenvalue weighted by molar-refractivity contribution is 5.56. The van der Waals surface area contributed by atoms with E-state index < -0.39 is 0 Å². The summed E-state index contributed by atoms with van der Waals surface area (Å²) in [4.78, 5) is 8.99. The fraction of sp³-hybridized carbons (Fsp3) is 0.688. The number of hydrogen-bond acceptors (Lipinski definition) is 4. The van der Waals surface area contributed by atoms with E-state index in [-0.39, 0.29) is 0 Å². The van der Waals surface area contributed by atoms with Crippen LogP contribution in [0.1, 0.15) is 124 Å². The lowest BCUT2D eigenvalue weighted by Gasteiger charge is -2.09. The van der Waals surface area contributed by atoms with Gasteiger partial charge in [-0.05, 0) is 43.0 Å². The third-order valence-electron chi connectivity index (χ3n) is 7.06. The predicted molar refractivity (Wildman–Crippen MR) is 153 cm³/mol. The van der Waals surface area contributed by atoms with Gasteiger partial charge in [0.2, 0.25) is 0 Å². The van der Waals surface area contributed by atoms with Gasteiger partial charge in [0.25, 0.3) is 0 Å². The molecule has 0 N–H and O–H groups in total. The normalized spacial score (nSPS) is 12.0. The number of nitrogens with zero attached hydrogens (tertiary/aromatic N) is 2. The van der Waals surface area contributed by atoms with Crippen LogP contribution >= 0.6 is 0 Å². The standard InChI is InChI=1S/C32H52N2O2/c1-4-6-7-8-9-10-11-14-17-24-35-30-22-20-29(21-23-30)32-33-26-31(27-34-32)36-25-18-15-12-13-16-19-28(3)5-2/h20-23,26-28H,4-19,24-25H2,1-3H3. The summed E-state index contributed by atoms with van der Waals surface area (Å²) in [7, 11) is 0. The molecule has 202 valence electrons. The molecule has 0 aliphatic rings.